The van der Waals surface area contributed by atoms with Crippen molar-refractivity contribution >= 4 is 28.9 Å². The molecule has 0 aliphatic carbocycles. The van der Waals surface area contributed by atoms with Gasteiger partial charge >= 0.3 is 0 Å². The van der Waals surface area contributed by atoms with E-state index < -0.39 is 4.92 Å². The van der Waals surface area contributed by atoms with Gasteiger partial charge in [-0.05, 0) is 62.4 Å². The van der Waals surface area contributed by atoms with Gasteiger partial charge in [0.25, 0.3) is 5.69 Å². The average Bonchev–Trinajstić information content (AvgIpc) is 2.59. The summed E-state index contributed by atoms with van der Waals surface area (Å²) in [7, 11) is 1.78. The standard InChI is InChI=1S/C19H22ClN3O4/c1-13-10-17(18(23(25)26)11-14(13)2)21-19(24)12-22(3)8-9-27-16-6-4-15(20)5-7-16/h4-7,10-11H,8-9,12H2,1-3H3,(H,21,24). The Labute approximate surface area is 163 Å². The van der Waals surface area contributed by atoms with Crippen molar-refractivity contribution in [1.29, 1.82) is 0 Å². The molecule has 0 aliphatic heterocycles. The quantitative estimate of drug-likeness (QED) is 0.546. The minimum atomic E-state index is -0.494. The van der Waals surface area contributed by atoms with Gasteiger partial charge in [0, 0.05) is 17.6 Å². The number of anilines is 1. The molecule has 0 heterocycles. The van der Waals surface area contributed by atoms with Crippen LogP contribution in [0.15, 0.2) is 36.4 Å². The van der Waals surface area contributed by atoms with Crippen molar-refractivity contribution in [3.63, 3.8) is 0 Å². The maximum absolute atomic E-state index is 12.2. The second-order valence-electron chi connectivity index (χ2n) is 6.30. The van der Waals surface area contributed by atoms with E-state index in [1.54, 1.807) is 49.2 Å². The van der Waals surface area contributed by atoms with E-state index in [1.807, 2.05) is 6.92 Å². The van der Waals surface area contributed by atoms with Crippen molar-refractivity contribution in [3.8, 4) is 5.75 Å². The zero-order valence-corrected chi connectivity index (χ0v) is 16.2. The van der Waals surface area contributed by atoms with Crippen molar-refractivity contribution in [3.05, 3.63) is 62.7 Å². The van der Waals surface area contributed by atoms with Crippen molar-refractivity contribution in [2.24, 2.45) is 0 Å². The molecule has 0 spiro atoms. The Morgan fingerprint density at radius 1 is 1.22 bits per heavy atom. The number of nitro groups is 1. The van der Waals surface area contributed by atoms with Crippen molar-refractivity contribution in [2.75, 3.05) is 32.1 Å². The van der Waals surface area contributed by atoms with Crippen LogP contribution in [0.2, 0.25) is 5.02 Å². The maximum atomic E-state index is 12.2. The van der Waals surface area contributed by atoms with Crippen LogP contribution < -0.4 is 10.1 Å². The largest absolute Gasteiger partial charge is 0.492 e. The Bertz CT molecular complexity index is 824. The molecule has 0 radical (unpaired) electrons. The highest BCUT2D eigenvalue weighted by Gasteiger charge is 2.18. The molecule has 0 fully saturated rings. The maximum Gasteiger partial charge on any atom is 0.293 e. The van der Waals surface area contributed by atoms with Crippen molar-refractivity contribution in [1.82, 2.24) is 4.90 Å². The fraction of sp³-hybridized carbons (Fsp3) is 0.316. The number of nitrogens with one attached hydrogen (secondary N) is 1. The number of nitro benzene ring substituents is 1. The third kappa shape index (κ3) is 6.23. The van der Waals surface area contributed by atoms with Gasteiger partial charge in [-0.1, -0.05) is 11.6 Å². The van der Waals surface area contributed by atoms with Gasteiger partial charge in [0.1, 0.15) is 18.0 Å². The Morgan fingerprint density at radius 2 is 1.85 bits per heavy atom. The molecule has 7 nitrogen and oxygen atoms in total. The summed E-state index contributed by atoms with van der Waals surface area (Å²) in [5.74, 6) is 0.373. The zero-order valence-electron chi connectivity index (χ0n) is 15.5. The molecular weight excluding hydrogens is 370 g/mol. The second kappa shape index (κ2) is 9.34. The third-order valence-corrected chi connectivity index (χ3v) is 4.30. The number of aryl methyl sites for hydroxylation is 2. The first-order valence-electron chi connectivity index (χ1n) is 8.38. The summed E-state index contributed by atoms with van der Waals surface area (Å²) in [5.41, 5.74) is 1.77. The van der Waals surface area contributed by atoms with Crippen LogP contribution in [0, 0.1) is 24.0 Å². The number of hydrogen-bond acceptors (Lipinski definition) is 5. The minimum Gasteiger partial charge on any atom is -0.492 e. The predicted molar refractivity (Wildman–Crippen MR) is 106 cm³/mol. The van der Waals surface area contributed by atoms with E-state index in [9.17, 15) is 14.9 Å². The van der Waals surface area contributed by atoms with E-state index in [0.29, 0.717) is 23.9 Å². The topological polar surface area (TPSA) is 84.7 Å². The van der Waals surface area contributed by atoms with E-state index in [4.69, 9.17) is 16.3 Å². The van der Waals surface area contributed by atoms with Gasteiger partial charge in [0.2, 0.25) is 5.91 Å². The molecule has 0 aromatic heterocycles. The SMILES string of the molecule is Cc1cc(NC(=O)CN(C)CCOc2ccc(Cl)cc2)c([N+](=O)[O-])cc1C. The lowest BCUT2D eigenvalue weighted by molar-refractivity contribution is -0.384. The Morgan fingerprint density at radius 3 is 2.48 bits per heavy atom. The lowest BCUT2D eigenvalue weighted by Gasteiger charge is -2.17. The number of benzene rings is 2. The van der Waals surface area contributed by atoms with Gasteiger partial charge in [0.05, 0.1) is 11.5 Å². The first-order valence-corrected chi connectivity index (χ1v) is 8.76. The molecule has 0 unspecified atom stereocenters. The molecule has 144 valence electrons. The summed E-state index contributed by atoms with van der Waals surface area (Å²) in [4.78, 5) is 24.7. The molecule has 0 saturated heterocycles. The fourth-order valence-electron chi connectivity index (χ4n) is 2.42. The predicted octanol–water partition coefficient (Wildman–Crippen LogP) is 3.81. The molecule has 0 atom stereocenters. The molecule has 2 aromatic carbocycles. The lowest BCUT2D eigenvalue weighted by atomic mass is 10.1. The van der Waals surface area contributed by atoms with E-state index in [1.165, 1.54) is 6.07 Å². The Hall–Kier alpha value is -2.64. The monoisotopic (exact) mass is 391 g/mol. The first-order chi connectivity index (χ1) is 12.8. The van der Waals surface area contributed by atoms with Crippen molar-refractivity contribution in [2.45, 2.75) is 13.8 Å². The van der Waals surface area contributed by atoms with Crippen LogP contribution in [0.1, 0.15) is 11.1 Å². The van der Waals surface area contributed by atoms with Crippen LogP contribution in [0.4, 0.5) is 11.4 Å². The van der Waals surface area contributed by atoms with Gasteiger partial charge in [-0.3, -0.25) is 19.8 Å². The summed E-state index contributed by atoms with van der Waals surface area (Å²) < 4.78 is 5.59. The smallest absolute Gasteiger partial charge is 0.293 e. The van der Waals surface area contributed by atoms with Crippen LogP contribution in [-0.2, 0) is 4.79 Å². The third-order valence-electron chi connectivity index (χ3n) is 4.05. The molecule has 2 aromatic rings. The molecule has 8 heteroatoms. The van der Waals surface area contributed by atoms with Crippen molar-refractivity contribution < 1.29 is 14.5 Å². The highest BCUT2D eigenvalue weighted by Crippen LogP contribution is 2.27. The summed E-state index contributed by atoms with van der Waals surface area (Å²) in [6.07, 6.45) is 0. The second-order valence-corrected chi connectivity index (χ2v) is 6.74. The number of halogens is 1. The number of likely N-dealkylation sites (N-methyl/N-ethyl adjacent to an activating group) is 1. The number of ether oxygens (including phenoxy) is 1. The van der Waals surface area contributed by atoms with Crippen LogP contribution in [0.3, 0.4) is 0 Å². The van der Waals surface area contributed by atoms with E-state index >= 15 is 0 Å². The molecule has 0 bridgehead atoms. The number of nitrogens with zero attached hydrogens (tertiary/aromatic N) is 2. The highest BCUT2D eigenvalue weighted by molar-refractivity contribution is 6.30. The van der Waals surface area contributed by atoms with Gasteiger partial charge in [0.15, 0.2) is 0 Å². The lowest BCUT2D eigenvalue weighted by Crippen LogP contribution is -2.33. The first kappa shape index (κ1) is 20.7. The number of rotatable bonds is 8. The molecular formula is C19H22ClN3O4. The summed E-state index contributed by atoms with van der Waals surface area (Å²) in [6, 6.07) is 10.1. The average molecular weight is 392 g/mol. The van der Waals surface area contributed by atoms with Gasteiger partial charge < -0.3 is 10.1 Å². The normalized spacial score (nSPS) is 10.7. The van der Waals surface area contributed by atoms with Crippen LogP contribution >= 0.6 is 11.6 Å². The summed E-state index contributed by atoms with van der Waals surface area (Å²) >= 11 is 5.82. The van der Waals surface area contributed by atoms with E-state index in [0.717, 1.165) is 11.1 Å². The summed E-state index contributed by atoms with van der Waals surface area (Å²) in [5, 5.41) is 14.5. The Kier molecular flexibility index (Phi) is 7.15. The molecule has 2 rings (SSSR count). The number of hydrogen-bond donors (Lipinski definition) is 1. The molecule has 0 aliphatic rings. The van der Waals surface area contributed by atoms with Crippen LogP contribution in [-0.4, -0.2) is 42.5 Å². The molecule has 0 saturated carbocycles. The Balaban J connectivity index is 1.87. The van der Waals surface area contributed by atoms with Gasteiger partial charge in [-0.25, -0.2) is 0 Å². The number of amides is 1. The molecule has 1 N–H and O–H groups in total. The van der Waals surface area contributed by atoms with Crippen LogP contribution in [0.25, 0.3) is 0 Å². The number of carbonyl (C=O) groups excluding carboxylic acids is 1. The minimum absolute atomic E-state index is 0.0913. The van der Waals surface area contributed by atoms with Gasteiger partial charge in [-0.2, -0.15) is 0 Å². The zero-order chi connectivity index (χ0) is 20.0. The van der Waals surface area contributed by atoms with E-state index in [-0.39, 0.29) is 23.8 Å². The summed E-state index contributed by atoms with van der Waals surface area (Å²) in [6.45, 7) is 4.64. The van der Waals surface area contributed by atoms with E-state index in [2.05, 4.69) is 5.32 Å². The molecule has 27 heavy (non-hydrogen) atoms. The number of carbonyl (C=O) groups is 1. The highest BCUT2D eigenvalue weighted by atomic mass is 35.5. The fourth-order valence-corrected chi connectivity index (χ4v) is 2.54. The van der Waals surface area contributed by atoms with Gasteiger partial charge in [-0.15, -0.1) is 0 Å². The van der Waals surface area contributed by atoms with Crippen LogP contribution in [0.5, 0.6) is 5.75 Å². The molecule has 1 amide bonds.